The van der Waals surface area contributed by atoms with Gasteiger partial charge in [-0.15, -0.1) is 0 Å². The van der Waals surface area contributed by atoms with Crippen LogP contribution in [0.25, 0.3) is 0 Å². The lowest BCUT2D eigenvalue weighted by Gasteiger charge is -2.17. The minimum Gasteiger partial charge on any atom is -0.309 e. The van der Waals surface area contributed by atoms with Gasteiger partial charge >= 0.3 is 7.60 Å². The Morgan fingerprint density at radius 1 is 1.54 bits per heavy atom. The number of hydrogen-bond acceptors (Lipinski definition) is 3. The van der Waals surface area contributed by atoms with Crippen molar-refractivity contribution < 1.29 is 13.6 Å². The van der Waals surface area contributed by atoms with Crippen molar-refractivity contribution in [1.82, 2.24) is 0 Å². The Kier molecular flexibility index (Phi) is 5.57. The summed E-state index contributed by atoms with van der Waals surface area (Å²) < 4.78 is 21.4. The van der Waals surface area contributed by atoms with Crippen LogP contribution in [0.3, 0.4) is 0 Å². The van der Waals surface area contributed by atoms with Crippen LogP contribution in [0.4, 0.5) is 0 Å². The van der Waals surface area contributed by atoms with E-state index in [2.05, 4.69) is 6.58 Å². The lowest BCUT2D eigenvalue weighted by molar-refractivity contribution is 0.283. The molecule has 3 nitrogen and oxygen atoms in total. The molecule has 0 amide bonds. The molecule has 0 fully saturated rings. The van der Waals surface area contributed by atoms with Gasteiger partial charge in [-0.1, -0.05) is 25.1 Å². The summed E-state index contributed by atoms with van der Waals surface area (Å²) in [5.41, 5.74) is 1.85. The third-order valence-corrected chi connectivity index (χ3v) is 4.04. The second-order valence-corrected chi connectivity index (χ2v) is 4.74. The van der Waals surface area contributed by atoms with Crippen molar-refractivity contribution >= 4 is 19.2 Å². The molecule has 0 aliphatic rings. The van der Waals surface area contributed by atoms with Crippen LogP contribution in [0.5, 0.6) is 0 Å². The third kappa shape index (κ3) is 2.96. The molecule has 0 aromatic carbocycles. The van der Waals surface area contributed by atoms with E-state index in [0.29, 0.717) is 17.3 Å². The zero-order chi connectivity index (χ0) is 10.5. The van der Waals surface area contributed by atoms with Crippen molar-refractivity contribution in [2.45, 2.75) is 13.3 Å². The largest absolute Gasteiger partial charge is 0.361 e. The van der Waals surface area contributed by atoms with Crippen molar-refractivity contribution in [2.24, 2.45) is 0 Å². The van der Waals surface area contributed by atoms with Gasteiger partial charge in [0.2, 0.25) is 0 Å². The van der Waals surface area contributed by atoms with Crippen molar-refractivity contribution in [3.63, 3.8) is 0 Å². The van der Waals surface area contributed by atoms with E-state index in [9.17, 15) is 4.57 Å². The number of halogens is 1. The van der Waals surface area contributed by atoms with E-state index in [1.807, 2.05) is 6.92 Å². The van der Waals surface area contributed by atoms with E-state index in [1.165, 1.54) is 19.8 Å². The van der Waals surface area contributed by atoms with Crippen molar-refractivity contribution in [3.8, 4) is 0 Å². The van der Waals surface area contributed by atoms with Gasteiger partial charge in [-0.3, -0.25) is 4.57 Å². The predicted molar refractivity (Wildman–Crippen MR) is 55.0 cm³/mol. The molecule has 5 heteroatoms. The molecule has 0 rings (SSSR count). The SMILES string of the molecule is C=C(CC)/C(=C\Cl)P(=O)(OC)OC. The Balaban J connectivity index is 4.99. The molecular formula is C8H14ClO3P. The molecule has 0 atom stereocenters. The molecule has 0 aliphatic heterocycles. The van der Waals surface area contributed by atoms with Crippen LogP contribution in [0.1, 0.15) is 13.3 Å². The Bertz CT molecular complexity index is 252. The maximum Gasteiger partial charge on any atom is 0.361 e. The summed E-state index contributed by atoms with van der Waals surface area (Å²) in [6.07, 6.45) is 0.648. The average molecular weight is 225 g/mol. The van der Waals surface area contributed by atoms with Crippen LogP contribution < -0.4 is 0 Å². The summed E-state index contributed by atoms with van der Waals surface area (Å²) in [6, 6.07) is 0. The normalized spacial score (nSPS) is 13.1. The molecule has 0 saturated carbocycles. The standard InChI is InChI=1S/C8H14ClO3P/c1-5-7(2)8(6-9)13(10,11-3)12-4/h6H,2,5H2,1,3-4H3/b8-6+. The van der Waals surface area contributed by atoms with Crippen LogP contribution in [0.15, 0.2) is 23.0 Å². The summed E-state index contributed by atoms with van der Waals surface area (Å²) in [5.74, 6) is 0. The first kappa shape index (κ1) is 12.9. The van der Waals surface area contributed by atoms with Crippen LogP contribution in [-0.4, -0.2) is 14.2 Å². The monoisotopic (exact) mass is 224 g/mol. The maximum atomic E-state index is 11.8. The summed E-state index contributed by atoms with van der Waals surface area (Å²) in [7, 11) is -0.608. The number of rotatable bonds is 5. The number of allylic oxidation sites excluding steroid dienone is 2. The van der Waals surface area contributed by atoms with Crippen molar-refractivity contribution in [3.05, 3.63) is 23.0 Å². The summed E-state index contributed by atoms with van der Waals surface area (Å²) in [4.78, 5) is 0. The Labute approximate surface area is 83.9 Å². The van der Waals surface area contributed by atoms with Crippen LogP contribution in [0, 0.1) is 0 Å². The van der Waals surface area contributed by atoms with Gasteiger partial charge in [-0.2, -0.15) is 0 Å². The molecule has 0 heterocycles. The van der Waals surface area contributed by atoms with E-state index in [0.717, 1.165) is 0 Å². The van der Waals surface area contributed by atoms with Crippen molar-refractivity contribution in [1.29, 1.82) is 0 Å². The molecule has 0 saturated heterocycles. The maximum absolute atomic E-state index is 11.8. The highest BCUT2D eigenvalue weighted by atomic mass is 35.5. The highest BCUT2D eigenvalue weighted by molar-refractivity contribution is 7.58. The fourth-order valence-electron chi connectivity index (χ4n) is 0.783. The third-order valence-electron chi connectivity index (χ3n) is 1.67. The first-order valence-electron chi connectivity index (χ1n) is 3.76. The van der Waals surface area contributed by atoms with E-state index in [1.54, 1.807) is 0 Å². The van der Waals surface area contributed by atoms with Crippen LogP contribution in [-0.2, 0) is 13.6 Å². The smallest absolute Gasteiger partial charge is 0.309 e. The Morgan fingerprint density at radius 2 is 2.00 bits per heavy atom. The fourth-order valence-corrected chi connectivity index (χ4v) is 2.50. The lowest BCUT2D eigenvalue weighted by Crippen LogP contribution is -1.94. The highest BCUT2D eigenvalue weighted by Gasteiger charge is 2.28. The fraction of sp³-hybridized carbons (Fsp3) is 0.500. The molecule has 0 unspecified atom stereocenters. The molecule has 0 N–H and O–H groups in total. The molecule has 0 aromatic heterocycles. The zero-order valence-electron chi connectivity index (χ0n) is 8.04. The highest BCUT2D eigenvalue weighted by Crippen LogP contribution is 2.57. The minimum atomic E-state index is -3.23. The van der Waals surface area contributed by atoms with E-state index in [4.69, 9.17) is 20.6 Å². The lowest BCUT2D eigenvalue weighted by atomic mass is 10.2. The zero-order valence-corrected chi connectivity index (χ0v) is 9.69. The molecule has 0 aliphatic carbocycles. The molecular weight excluding hydrogens is 211 g/mol. The van der Waals surface area contributed by atoms with Crippen LogP contribution >= 0.6 is 19.2 Å². The van der Waals surface area contributed by atoms with Gasteiger partial charge in [0.05, 0.1) is 5.31 Å². The van der Waals surface area contributed by atoms with Gasteiger partial charge in [-0.25, -0.2) is 0 Å². The molecule has 76 valence electrons. The Morgan fingerprint density at radius 3 is 2.23 bits per heavy atom. The van der Waals surface area contributed by atoms with Gasteiger partial charge in [0.15, 0.2) is 0 Å². The van der Waals surface area contributed by atoms with E-state index in [-0.39, 0.29) is 0 Å². The topological polar surface area (TPSA) is 35.5 Å². The van der Waals surface area contributed by atoms with Gasteiger partial charge < -0.3 is 9.05 Å². The molecule has 0 radical (unpaired) electrons. The quantitative estimate of drug-likeness (QED) is 0.530. The molecule has 0 bridgehead atoms. The second-order valence-electron chi connectivity index (χ2n) is 2.31. The molecule has 13 heavy (non-hydrogen) atoms. The molecule has 0 aromatic rings. The first-order valence-corrected chi connectivity index (χ1v) is 5.74. The van der Waals surface area contributed by atoms with Crippen LogP contribution in [0.2, 0.25) is 0 Å². The van der Waals surface area contributed by atoms with Gasteiger partial charge in [-0.05, 0) is 12.0 Å². The van der Waals surface area contributed by atoms with Gasteiger partial charge in [0, 0.05) is 19.8 Å². The summed E-state index contributed by atoms with van der Waals surface area (Å²) in [5, 5.41) is 0.335. The minimum absolute atomic E-state index is 0.335. The van der Waals surface area contributed by atoms with Crippen molar-refractivity contribution in [2.75, 3.05) is 14.2 Å². The van der Waals surface area contributed by atoms with E-state index >= 15 is 0 Å². The van der Waals surface area contributed by atoms with Gasteiger partial charge in [0.25, 0.3) is 0 Å². The average Bonchev–Trinajstić information content (AvgIpc) is 2.18. The predicted octanol–water partition coefficient (Wildman–Crippen LogP) is 3.52. The summed E-state index contributed by atoms with van der Waals surface area (Å²) >= 11 is 5.53. The molecule has 0 spiro atoms. The first-order chi connectivity index (χ1) is 6.05. The van der Waals surface area contributed by atoms with E-state index < -0.39 is 7.60 Å². The summed E-state index contributed by atoms with van der Waals surface area (Å²) in [6.45, 7) is 5.61. The second kappa shape index (κ2) is 5.61. The van der Waals surface area contributed by atoms with Gasteiger partial charge in [0.1, 0.15) is 0 Å². The Hall–Kier alpha value is -0.0800. The number of hydrogen-bond donors (Lipinski definition) is 0.